The van der Waals surface area contributed by atoms with Crippen LogP contribution in [0.25, 0.3) is 5.78 Å². The van der Waals surface area contributed by atoms with Crippen molar-refractivity contribution in [3.05, 3.63) is 17.5 Å². The summed E-state index contributed by atoms with van der Waals surface area (Å²) in [4.78, 5) is 19.6. The van der Waals surface area contributed by atoms with Gasteiger partial charge in [-0.2, -0.15) is 9.50 Å². The van der Waals surface area contributed by atoms with Crippen molar-refractivity contribution in [1.82, 2.24) is 19.6 Å². The first-order valence-electron chi connectivity index (χ1n) is 5.24. The Hall–Kier alpha value is -2.18. The lowest BCUT2D eigenvalue weighted by atomic mass is 10.2. The molecule has 0 aliphatic rings. The number of carbonyl (C=O) groups excluding carboxylic acids is 1. The maximum Gasteiger partial charge on any atom is 0.311 e. The molecule has 0 amide bonds. The zero-order chi connectivity index (χ0) is 12.4. The average molecular weight is 235 g/mol. The minimum Gasteiger partial charge on any atom is -0.466 e. The zero-order valence-electron chi connectivity index (χ0n) is 9.67. The molecule has 0 fully saturated rings. The Morgan fingerprint density at radius 3 is 3.00 bits per heavy atom. The normalized spacial score (nSPS) is 10.7. The van der Waals surface area contributed by atoms with Gasteiger partial charge < -0.3 is 10.5 Å². The van der Waals surface area contributed by atoms with Crippen LogP contribution in [0, 0.1) is 6.92 Å². The van der Waals surface area contributed by atoms with E-state index in [0.717, 1.165) is 5.69 Å². The van der Waals surface area contributed by atoms with Crippen LogP contribution >= 0.6 is 0 Å². The molecule has 0 bridgehead atoms. The summed E-state index contributed by atoms with van der Waals surface area (Å²) in [5.41, 5.74) is 6.92. The minimum atomic E-state index is -0.312. The largest absolute Gasteiger partial charge is 0.466 e. The Morgan fingerprint density at radius 1 is 1.53 bits per heavy atom. The van der Waals surface area contributed by atoms with Gasteiger partial charge >= 0.3 is 5.97 Å². The van der Waals surface area contributed by atoms with Gasteiger partial charge in [-0.1, -0.05) is 0 Å². The first-order valence-corrected chi connectivity index (χ1v) is 5.24. The molecule has 2 heterocycles. The van der Waals surface area contributed by atoms with E-state index in [9.17, 15) is 4.79 Å². The third kappa shape index (κ3) is 2.32. The summed E-state index contributed by atoms with van der Waals surface area (Å²) < 4.78 is 6.35. The zero-order valence-corrected chi connectivity index (χ0v) is 9.67. The van der Waals surface area contributed by atoms with E-state index in [1.165, 1.54) is 4.52 Å². The molecule has 0 saturated carbocycles. The predicted octanol–water partition coefficient (Wildman–Crippen LogP) is 0.121. The number of rotatable bonds is 3. The van der Waals surface area contributed by atoms with Crippen molar-refractivity contribution in [3.8, 4) is 0 Å². The monoisotopic (exact) mass is 235 g/mol. The number of anilines is 1. The molecule has 0 radical (unpaired) electrons. The number of hydrogen-bond acceptors (Lipinski definition) is 6. The topological polar surface area (TPSA) is 95.4 Å². The Bertz CT molecular complexity index is 563. The molecule has 2 aromatic rings. The Balaban J connectivity index is 2.41. The Morgan fingerprint density at radius 2 is 2.29 bits per heavy atom. The lowest BCUT2D eigenvalue weighted by Crippen LogP contribution is -2.12. The fraction of sp³-hybridized carbons (Fsp3) is 0.400. The molecular formula is C10H13N5O2. The molecule has 2 rings (SSSR count). The summed E-state index contributed by atoms with van der Waals surface area (Å²) in [6.45, 7) is 3.93. The predicted molar refractivity (Wildman–Crippen MR) is 60.3 cm³/mol. The third-order valence-corrected chi connectivity index (χ3v) is 2.16. The molecule has 0 atom stereocenters. The van der Waals surface area contributed by atoms with Crippen molar-refractivity contribution < 1.29 is 9.53 Å². The van der Waals surface area contributed by atoms with Gasteiger partial charge in [-0.3, -0.25) is 4.79 Å². The van der Waals surface area contributed by atoms with Gasteiger partial charge in [-0.05, 0) is 19.9 Å². The maximum atomic E-state index is 11.4. The van der Waals surface area contributed by atoms with Crippen LogP contribution in [-0.4, -0.2) is 32.2 Å². The second kappa shape index (κ2) is 4.36. The summed E-state index contributed by atoms with van der Waals surface area (Å²) in [5.74, 6) is 0.212. The van der Waals surface area contributed by atoms with E-state index in [0.29, 0.717) is 18.1 Å². The molecule has 0 aromatic carbocycles. The average Bonchev–Trinajstić information content (AvgIpc) is 2.58. The van der Waals surface area contributed by atoms with E-state index in [-0.39, 0.29) is 18.3 Å². The second-order valence-corrected chi connectivity index (χ2v) is 3.55. The van der Waals surface area contributed by atoms with Crippen LogP contribution in [0.15, 0.2) is 6.07 Å². The van der Waals surface area contributed by atoms with Gasteiger partial charge in [0.2, 0.25) is 5.95 Å². The molecule has 90 valence electrons. The Kier molecular flexibility index (Phi) is 2.90. The number of esters is 1. The van der Waals surface area contributed by atoms with Crippen molar-refractivity contribution in [2.45, 2.75) is 20.3 Å². The molecule has 0 aliphatic carbocycles. The van der Waals surface area contributed by atoms with Crippen LogP contribution in [0.2, 0.25) is 0 Å². The van der Waals surface area contributed by atoms with Crippen LogP contribution < -0.4 is 5.73 Å². The fourth-order valence-corrected chi connectivity index (χ4v) is 1.56. The van der Waals surface area contributed by atoms with E-state index >= 15 is 0 Å². The van der Waals surface area contributed by atoms with Crippen LogP contribution in [0.5, 0.6) is 0 Å². The van der Waals surface area contributed by atoms with Gasteiger partial charge in [0, 0.05) is 5.69 Å². The minimum absolute atomic E-state index is 0.122. The van der Waals surface area contributed by atoms with Crippen molar-refractivity contribution >= 4 is 17.7 Å². The molecule has 7 heteroatoms. The molecule has 7 nitrogen and oxygen atoms in total. The number of hydrogen-bond donors (Lipinski definition) is 1. The molecule has 0 spiro atoms. The maximum absolute atomic E-state index is 11.4. The Labute approximate surface area is 97.6 Å². The lowest BCUT2D eigenvalue weighted by molar-refractivity contribution is -0.142. The quantitative estimate of drug-likeness (QED) is 0.759. The number of aryl methyl sites for hydroxylation is 1. The standard InChI is InChI=1S/C10H13N5O2/c1-3-17-8(16)5-7-4-6(2)12-10-13-9(11)14-15(7)10/h4H,3,5H2,1-2H3,(H2,11,14). The fourth-order valence-electron chi connectivity index (χ4n) is 1.56. The summed E-state index contributed by atoms with van der Waals surface area (Å²) in [6, 6.07) is 1.76. The molecule has 0 saturated heterocycles. The second-order valence-electron chi connectivity index (χ2n) is 3.55. The number of nitrogen functional groups attached to an aromatic ring is 1. The van der Waals surface area contributed by atoms with E-state index in [1.807, 2.05) is 6.92 Å². The van der Waals surface area contributed by atoms with E-state index in [4.69, 9.17) is 10.5 Å². The number of aromatic nitrogens is 4. The highest BCUT2D eigenvalue weighted by Gasteiger charge is 2.12. The van der Waals surface area contributed by atoms with Gasteiger partial charge in [-0.25, -0.2) is 4.98 Å². The van der Waals surface area contributed by atoms with Crippen molar-refractivity contribution in [2.75, 3.05) is 12.3 Å². The molecule has 0 aliphatic heterocycles. The van der Waals surface area contributed by atoms with Crippen molar-refractivity contribution in [3.63, 3.8) is 0 Å². The first-order chi connectivity index (χ1) is 8.10. The lowest BCUT2D eigenvalue weighted by Gasteiger charge is -2.04. The van der Waals surface area contributed by atoms with Gasteiger partial charge in [0.05, 0.1) is 18.7 Å². The summed E-state index contributed by atoms with van der Waals surface area (Å²) in [6.07, 6.45) is 0.122. The number of ether oxygens (including phenoxy) is 1. The molecule has 2 aromatic heterocycles. The number of carbonyl (C=O) groups is 1. The first kappa shape index (κ1) is 11.3. The molecule has 17 heavy (non-hydrogen) atoms. The summed E-state index contributed by atoms with van der Waals surface area (Å²) >= 11 is 0. The van der Waals surface area contributed by atoms with Crippen molar-refractivity contribution in [1.29, 1.82) is 0 Å². The van der Waals surface area contributed by atoms with Gasteiger partial charge in [0.15, 0.2) is 0 Å². The van der Waals surface area contributed by atoms with Crippen LogP contribution in [0.4, 0.5) is 5.95 Å². The molecule has 2 N–H and O–H groups in total. The highest BCUT2D eigenvalue weighted by molar-refractivity contribution is 5.72. The van der Waals surface area contributed by atoms with Gasteiger partial charge in [0.25, 0.3) is 5.78 Å². The highest BCUT2D eigenvalue weighted by Crippen LogP contribution is 2.08. The van der Waals surface area contributed by atoms with Gasteiger partial charge in [0.1, 0.15) is 0 Å². The molecular weight excluding hydrogens is 222 g/mol. The van der Waals surface area contributed by atoms with Crippen LogP contribution in [-0.2, 0) is 16.0 Å². The van der Waals surface area contributed by atoms with E-state index in [1.54, 1.807) is 13.0 Å². The smallest absolute Gasteiger partial charge is 0.311 e. The number of nitrogens with two attached hydrogens (primary N) is 1. The van der Waals surface area contributed by atoms with Gasteiger partial charge in [-0.15, -0.1) is 5.10 Å². The van der Waals surface area contributed by atoms with Crippen LogP contribution in [0.3, 0.4) is 0 Å². The highest BCUT2D eigenvalue weighted by atomic mass is 16.5. The summed E-state index contributed by atoms with van der Waals surface area (Å²) in [7, 11) is 0. The third-order valence-electron chi connectivity index (χ3n) is 2.16. The number of fused-ring (bicyclic) bond motifs is 1. The summed E-state index contributed by atoms with van der Waals surface area (Å²) in [5, 5.41) is 3.98. The number of nitrogens with zero attached hydrogens (tertiary/aromatic N) is 4. The molecule has 0 unspecified atom stereocenters. The van der Waals surface area contributed by atoms with E-state index in [2.05, 4.69) is 15.1 Å². The SMILES string of the molecule is CCOC(=O)Cc1cc(C)nc2nc(N)nn12. The van der Waals surface area contributed by atoms with E-state index < -0.39 is 0 Å². The van der Waals surface area contributed by atoms with Crippen LogP contribution in [0.1, 0.15) is 18.3 Å². The van der Waals surface area contributed by atoms with Crippen molar-refractivity contribution in [2.24, 2.45) is 0 Å².